The predicted octanol–water partition coefficient (Wildman–Crippen LogP) is 18.0. The van der Waals surface area contributed by atoms with E-state index in [0.29, 0.717) is 12.8 Å². The van der Waals surface area contributed by atoms with Crippen LogP contribution in [0.4, 0.5) is 0 Å². The molecule has 12 atom stereocenters. The molecule has 2 aliphatic heterocycles. The van der Waals surface area contributed by atoms with Crippen LogP contribution >= 0.6 is 0 Å². The second-order valence-corrected chi connectivity index (χ2v) is 28.5. The summed E-state index contributed by atoms with van der Waals surface area (Å²) in [5.41, 5.74) is 0. The van der Waals surface area contributed by atoms with Crippen molar-refractivity contribution in [3.63, 3.8) is 0 Å². The molecule has 9 N–H and O–H groups in total. The highest BCUT2D eigenvalue weighted by atomic mass is 16.7. The van der Waals surface area contributed by atoms with Crippen LogP contribution in [-0.4, -0.2) is 140 Å². The molecular formula is C80H151NO13. The Morgan fingerprint density at radius 2 is 0.681 bits per heavy atom. The Morgan fingerprint density at radius 3 is 1.04 bits per heavy atom. The summed E-state index contributed by atoms with van der Waals surface area (Å²) in [6.07, 6.45) is 68.1. The second kappa shape index (κ2) is 64.6. The molecule has 94 heavy (non-hydrogen) atoms. The summed E-state index contributed by atoms with van der Waals surface area (Å²) >= 11 is 0. The number of nitrogens with one attached hydrogen (secondary N) is 1. The van der Waals surface area contributed by atoms with Gasteiger partial charge in [0, 0.05) is 6.42 Å². The minimum atomic E-state index is -1.79. The fourth-order valence-electron chi connectivity index (χ4n) is 13.4. The lowest BCUT2D eigenvalue weighted by Crippen LogP contribution is -2.65. The van der Waals surface area contributed by atoms with Crippen LogP contribution in [0, 0.1) is 0 Å². The van der Waals surface area contributed by atoms with E-state index >= 15 is 0 Å². The number of carbonyl (C=O) groups excluding carboxylic acids is 1. The van der Waals surface area contributed by atoms with E-state index in [1.54, 1.807) is 6.08 Å². The monoisotopic (exact) mass is 1330 g/mol. The quantitative estimate of drug-likeness (QED) is 0.0204. The van der Waals surface area contributed by atoms with Crippen molar-refractivity contribution in [1.29, 1.82) is 0 Å². The largest absolute Gasteiger partial charge is 0.394 e. The van der Waals surface area contributed by atoms with E-state index in [4.69, 9.17) is 18.9 Å². The standard InChI is InChI=1S/C80H151NO13/c1-3-5-7-9-11-13-15-17-19-21-23-25-27-29-31-32-33-34-35-36-38-39-41-43-45-47-49-51-53-55-57-59-61-63-69(84)68(67-91-79-77(90)75(88)78(71(66-83)93-79)94-80-76(89)74(87)73(86)70(65-82)92-80)81-72(85)64-62-60-58-56-54-52-50-48-46-44-42-40-37-30-28-26-24-22-20-18-16-14-12-10-8-6-4-2/h45,47,53,55,61,63,68-71,73-80,82-84,86-90H,3-44,46,48-52,54,56-60,62,64-67H2,1-2H3,(H,81,85)/b47-45+,55-53+,63-61+. The van der Waals surface area contributed by atoms with E-state index in [0.717, 1.165) is 44.9 Å². The van der Waals surface area contributed by atoms with Crippen LogP contribution in [0.25, 0.3) is 0 Å². The number of hydrogen-bond acceptors (Lipinski definition) is 13. The van der Waals surface area contributed by atoms with Crippen molar-refractivity contribution in [2.45, 2.75) is 447 Å². The average Bonchev–Trinajstić information content (AvgIpc) is 0.794. The maximum absolute atomic E-state index is 13.4. The number of amides is 1. The van der Waals surface area contributed by atoms with Crippen LogP contribution in [0.5, 0.6) is 0 Å². The molecule has 0 aromatic rings. The number of unbranched alkanes of at least 4 members (excludes halogenated alkanes) is 51. The highest BCUT2D eigenvalue weighted by Gasteiger charge is 2.51. The summed E-state index contributed by atoms with van der Waals surface area (Å²) in [5, 5.41) is 87.6. The van der Waals surface area contributed by atoms with Gasteiger partial charge in [0.15, 0.2) is 12.6 Å². The molecule has 0 saturated carbocycles. The lowest BCUT2D eigenvalue weighted by atomic mass is 9.97. The number of hydrogen-bond donors (Lipinski definition) is 9. The zero-order chi connectivity index (χ0) is 68.0. The van der Waals surface area contributed by atoms with Gasteiger partial charge in [-0.05, 0) is 44.9 Å². The van der Waals surface area contributed by atoms with Crippen molar-refractivity contribution in [3.8, 4) is 0 Å². The maximum atomic E-state index is 13.4. The topological polar surface area (TPSA) is 228 Å². The van der Waals surface area contributed by atoms with E-state index in [-0.39, 0.29) is 18.9 Å². The van der Waals surface area contributed by atoms with E-state index in [9.17, 15) is 45.6 Å². The van der Waals surface area contributed by atoms with Crippen LogP contribution in [-0.2, 0) is 23.7 Å². The lowest BCUT2D eigenvalue weighted by Gasteiger charge is -2.46. The highest BCUT2D eigenvalue weighted by Crippen LogP contribution is 2.30. The SMILES string of the molecule is CCCCCCCCCCCCCCCCCCCCCCCCC/C=C/CC/C=C/CC/C=C/C(O)C(COC1OC(CO)C(OC2OC(CO)C(O)C(O)C2O)C(O)C1O)NC(=O)CCCCCCCCCCCCCCCCCCCCCCCCCCCCC. The smallest absolute Gasteiger partial charge is 0.220 e. The van der Waals surface area contributed by atoms with Gasteiger partial charge >= 0.3 is 0 Å². The van der Waals surface area contributed by atoms with E-state index < -0.39 is 86.8 Å². The van der Waals surface area contributed by atoms with Gasteiger partial charge in [0.25, 0.3) is 0 Å². The van der Waals surface area contributed by atoms with Crippen LogP contribution in [0.2, 0.25) is 0 Å². The molecule has 2 heterocycles. The molecule has 14 heteroatoms. The Bertz CT molecular complexity index is 1720. The zero-order valence-electron chi connectivity index (χ0n) is 60.7. The van der Waals surface area contributed by atoms with Crippen molar-refractivity contribution in [2.75, 3.05) is 19.8 Å². The molecular weight excluding hydrogens is 1180 g/mol. The minimum absolute atomic E-state index is 0.245. The summed E-state index contributed by atoms with van der Waals surface area (Å²) < 4.78 is 22.9. The fourth-order valence-corrected chi connectivity index (χ4v) is 13.4. The third kappa shape index (κ3) is 47.3. The van der Waals surface area contributed by atoms with E-state index in [1.165, 1.54) is 295 Å². The molecule has 0 aromatic carbocycles. The van der Waals surface area contributed by atoms with Gasteiger partial charge < -0.3 is 65.1 Å². The van der Waals surface area contributed by atoms with Gasteiger partial charge in [0.2, 0.25) is 5.91 Å². The van der Waals surface area contributed by atoms with Crippen molar-refractivity contribution in [3.05, 3.63) is 36.5 Å². The zero-order valence-corrected chi connectivity index (χ0v) is 60.7. The van der Waals surface area contributed by atoms with Crippen LogP contribution in [0.3, 0.4) is 0 Å². The van der Waals surface area contributed by atoms with E-state index in [2.05, 4.69) is 43.5 Å². The number of aliphatic hydroxyl groups excluding tert-OH is 8. The fraction of sp³-hybridized carbons (Fsp3) is 0.912. The third-order valence-electron chi connectivity index (χ3n) is 19.8. The van der Waals surface area contributed by atoms with Crippen molar-refractivity contribution in [2.24, 2.45) is 0 Å². The molecule has 554 valence electrons. The molecule has 2 rings (SSSR count). The summed E-state index contributed by atoms with van der Waals surface area (Å²) in [6, 6.07) is -0.938. The van der Waals surface area contributed by atoms with Crippen molar-refractivity contribution in [1.82, 2.24) is 5.32 Å². The van der Waals surface area contributed by atoms with Gasteiger partial charge in [0.05, 0.1) is 32.0 Å². The van der Waals surface area contributed by atoms with Gasteiger partial charge in [0.1, 0.15) is 48.8 Å². The Morgan fingerprint density at radius 1 is 0.372 bits per heavy atom. The van der Waals surface area contributed by atoms with Crippen molar-refractivity contribution >= 4 is 5.91 Å². The molecule has 0 spiro atoms. The Hall–Kier alpha value is -1.79. The predicted molar refractivity (Wildman–Crippen MR) is 388 cm³/mol. The van der Waals surface area contributed by atoms with Gasteiger partial charge in [-0.15, -0.1) is 0 Å². The molecule has 0 bridgehead atoms. The average molecular weight is 1340 g/mol. The first-order valence-corrected chi connectivity index (χ1v) is 40.2. The molecule has 2 saturated heterocycles. The van der Waals surface area contributed by atoms with Crippen LogP contribution < -0.4 is 5.32 Å². The van der Waals surface area contributed by atoms with Gasteiger partial charge in [-0.25, -0.2) is 0 Å². The van der Waals surface area contributed by atoms with Gasteiger partial charge in [-0.3, -0.25) is 4.79 Å². The number of ether oxygens (including phenoxy) is 4. The Labute approximate surface area is 576 Å². The van der Waals surface area contributed by atoms with Gasteiger partial charge in [-0.2, -0.15) is 0 Å². The van der Waals surface area contributed by atoms with Crippen LogP contribution in [0.15, 0.2) is 36.5 Å². The normalized spacial score (nSPS) is 22.6. The molecule has 0 aliphatic carbocycles. The lowest BCUT2D eigenvalue weighted by molar-refractivity contribution is -0.359. The van der Waals surface area contributed by atoms with Crippen molar-refractivity contribution < 1.29 is 64.6 Å². The molecule has 1 amide bonds. The maximum Gasteiger partial charge on any atom is 0.220 e. The Balaban J connectivity index is 1.64. The minimum Gasteiger partial charge on any atom is -0.394 e. The molecule has 12 unspecified atom stereocenters. The first-order chi connectivity index (χ1) is 46.1. The molecule has 0 aromatic heterocycles. The highest BCUT2D eigenvalue weighted by molar-refractivity contribution is 5.76. The number of allylic oxidation sites excluding steroid dienone is 5. The molecule has 14 nitrogen and oxygen atoms in total. The summed E-state index contributed by atoms with van der Waals surface area (Å²) in [7, 11) is 0. The Kier molecular flexibility index (Phi) is 60.7. The number of aliphatic hydroxyl groups is 8. The number of rotatable bonds is 68. The molecule has 2 aliphatic rings. The number of carbonyl (C=O) groups is 1. The second-order valence-electron chi connectivity index (χ2n) is 28.5. The first-order valence-electron chi connectivity index (χ1n) is 40.2. The first kappa shape index (κ1) is 88.3. The van der Waals surface area contributed by atoms with E-state index in [1.807, 2.05) is 6.08 Å². The molecule has 2 fully saturated rings. The summed E-state index contributed by atoms with van der Waals surface area (Å²) in [6.45, 7) is 2.84. The third-order valence-corrected chi connectivity index (χ3v) is 19.8. The van der Waals surface area contributed by atoms with Crippen LogP contribution in [0.1, 0.15) is 373 Å². The van der Waals surface area contributed by atoms with Gasteiger partial charge in [-0.1, -0.05) is 359 Å². The summed E-state index contributed by atoms with van der Waals surface area (Å²) in [4.78, 5) is 13.4. The summed E-state index contributed by atoms with van der Waals surface area (Å²) in [5.74, 6) is -0.245. The molecule has 0 radical (unpaired) electrons.